The molecule has 0 aromatic carbocycles. The number of nitrogens with one attached hydrogen (secondary N) is 1. The third-order valence-electron chi connectivity index (χ3n) is 7.75. The molecule has 0 aliphatic carbocycles. The van der Waals surface area contributed by atoms with E-state index in [1.165, 1.54) is 42.8 Å². The van der Waals surface area contributed by atoms with Crippen LogP contribution in [-0.2, 0) is 41.4 Å². The van der Waals surface area contributed by atoms with Crippen molar-refractivity contribution < 1.29 is 45.8 Å². The van der Waals surface area contributed by atoms with Gasteiger partial charge in [0, 0.05) is 7.11 Å². The molecular weight excluding hydrogens is 674 g/mol. The largest absolute Gasteiger partial charge is 0.386 e. The monoisotopic (exact) mass is 701 g/mol. The van der Waals surface area contributed by atoms with E-state index in [1.54, 1.807) is 6.92 Å². The van der Waals surface area contributed by atoms with Gasteiger partial charge >= 0.3 is 6.80 Å². The lowest BCUT2D eigenvalue weighted by molar-refractivity contribution is -0.0577. The van der Waals surface area contributed by atoms with Gasteiger partial charge in [0.1, 0.15) is 48.2 Å². The zero-order valence-corrected chi connectivity index (χ0v) is 27.0. The number of nitrogen functional groups attached to an aromatic ring is 1. The van der Waals surface area contributed by atoms with Gasteiger partial charge in [-0.15, -0.1) is 0 Å². The van der Waals surface area contributed by atoms with Crippen LogP contribution in [0.25, 0.3) is 22.3 Å². The summed E-state index contributed by atoms with van der Waals surface area (Å²) < 4.78 is 86.9. The molecule has 19 nitrogen and oxygen atoms in total. The van der Waals surface area contributed by atoms with Crippen molar-refractivity contribution in [3.8, 4) is 0 Å². The first-order valence-electron chi connectivity index (χ1n) is 13.8. The van der Waals surface area contributed by atoms with Gasteiger partial charge in [-0.2, -0.15) is 0 Å². The highest BCUT2D eigenvalue weighted by Crippen LogP contribution is 2.58. The van der Waals surface area contributed by atoms with E-state index in [9.17, 15) is 13.9 Å². The van der Waals surface area contributed by atoms with Gasteiger partial charge in [0.25, 0.3) is 20.6 Å². The Bertz CT molecular complexity index is 1970. The number of nitrogens with zero attached hydrogens (tertiary/aromatic N) is 7. The van der Waals surface area contributed by atoms with Gasteiger partial charge in [0.05, 0.1) is 25.9 Å². The second kappa shape index (κ2) is 11.7. The molecule has 3 N–H and O–H groups in total. The maximum atomic E-state index is 16.1. The average molecular weight is 701 g/mol. The van der Waals surface area contributed by atoms with E-state index in [1.807, 2.05) is 0 Å². The van der Waals surface area contributed by atoms with Gasteiger partial charge in [0.2, 0.25) is 0 Å². The number of halogens is 1. The molecule has 0 radical (unpaired) electrons. The van der Waals surface area contributed by atoms with Crippen LogP contribution in [-0.4, -0.2) is 104 Å². The molecule has 10 atom stereocenters. The van der Waals surface area contributed by atoms with Crippen LogP contribution in [0.5, 0.6) is 0 Å². The van der Waals surface area contributed by atoms with Gasteiger partial charge < -0.3 is 34.0 Å². The fourth-order valence-corrected chi connectivity index (χ4v) is 8.36. The maximum absolute atomic E-state index is 16.1. The highest BCUT2D eigenvalue weighted by Gasteiger charge is 2.54. The number of aromatic amines is 1. The van der Waals surface area contributed by atoms with Gasteiger partial charge in [0.15, 0.2) is 41.3 Å². The number of aryl methyl sites for hydroxylation is 1. The number of H-pyrrole nitrogens is 1. The summed E-state index contributed by atoms with van der Waals surface area (Å²) in [5.74, 6) is 0.382. The highest BCUT2D eigenvalue weighted by atomic mass is 32.7. The molecule has 46 heavy (non-hydrogen) atoms. The summed E-state index contributed by atoms with van der Waals surface area (Å²) in [6.07, 6.45) is -6.73. The summed E-state index contributed by atoms with van der Waals surface area (Å²) in [7, 11) is -1.52. The second-order valence-corrected chi connectivity index (χ2v) is 15.7. The lowest BCUT2D eigenvalue weighted by Crippen LogP contribution is -2.37. The average Bonchev–Trinajstić information content (AvgIpc) is 3.75. The molecule has 8 unspecified atom stereocenters. The number of fused-ring (bicyclic) bond motifs is 5. The van der Waals surface area contributed by atoms with Crippen LogP contribution in [0, 0.1) is 6.92 Å². The lowest BCUT2D eigenvalue weighted by Gasteiger charge is -2.27. The van der Waals surface area contributed by atoms with E-state index < -0.39 is 75.6 Å². The van der Waals surface area contributed by atoms with Crippen molar-refractivity contribution in [1.29, 1.82) is 0 Å². The van der Waals surface area contributed by atoms with Crippen LogP contribution in [0.4, 0.5) is 10.2 Å². The Hall–Kier alpha value is -2.78. The number of alkyl halides is 1. The minimum atomic E-state index is -4.31. The normalized spacial score (nSPS) is 37.1. The van der Waals surface area contributed by atoms with Gasteiger partial charge in [-0.25, -0.2) is 33.9 Å². The maximum Gasteiger partial charge on any atom is 0.386 e. The molecule has 24 heteroatoms. The fraction of sp³-hybridized carbons (Fsp3) is 0.545. The third kappa shape index (κ3) is 5.59. The molecule has 2 bridgehead atoms. The predicted molar refractivity (Wildman–Crippen MR) is 161 cm³/mol. The summed E-state index contributed by atoms with van der Waals surface area (Å²) in [4.78, 5) is 35.7. The van der Waals surface area contributed by atoms with Crippen molar-refractivity contribution in [2.45, 2.75) is 56.1 Å². The first-order valence-corrected chi connectivity index (χ1v) is 18.4. The summed E-state index contributed by atoms with van der Waals surface area (Å²) in [5, 5.41) is 0. The molecule has 246 valence electrons. The molecule has 4 aromatic heterocycles. The topological polar surface area (TPSA) is 232 Å². The number of imidazole rings is 2. The summed E-state index contributed by atoms with van der Waals surface area (Å²) in [5.41, 5.74) is 5.96. The number of methoxy groups -OCH3 is 1. The molecule has 3 fully saturated rings. The number of aromatic nitrogens is 8. The summed E-state index contributed by atoms with van der Waals surface area (Å²) >= 11 is 4.17. The van der Waals surface area contributed by atoms with E-state index in [-0.39, 0.29) is 34.8 Å². The smallest absolute Gasteiger partial charge is 0.382 e. The number of anilines is 1. The fourth-order valence-electron chi connectivity index (χ4n) is 5.73. The molecule has 3 aliphatic heterocycles. The molecular formula is C22H27BFN9O10P2S. The predicted octanol–water partition coefficient (Wildman–Crippen LogP) is 0.594. The molecule has 0 amide bonds. The number of hydrogen-bond donors (Lipinski definition) is 3. The van der Waals surface area contributed by atoms with Gasteiger partial charge in [-0.05, 0) is 6.92 Å². The molecule has 0 saturated carbocycles. The second-order valence-electron chi connectivity index (χ2n) is 10.8. The summed E-state index contributed by atoms with van der Waals surface area (Å²) in [6.45, 7) is -3.68. The zero-order chi connectivity index (χ0) is 32.5. The van der Waals surface area contributed by atoms with E-state index in [0.29, 0.717) is 5.82 Å². The van der Waals surface area contributed by atoms with E-state index in [0.717, 1.165) is 0 Å². The molecule has 4 aromatic rings. The molecule has 7 heterocycles. The Kier molecular flexibility index (Phi) is 8.11. The van der Waals surface area contributed by atoms with Crippen LogP contribution >= 0.6 is 26.5 Å². The van der Waals surface area contributed by atoms with Crippen LogP contribution in [0.15, 0.2) is 23.8 Å². The first kappa shape index (κ1) is 31.8. The van der Waals surface area contributed by atoms with Gasteiger partial charge in [-0.3, -0.25) is 27.5 Å². The number of thiol groups is 1. The molecule has 3 saturated heterocycles. The Morgan fingerprint density at radius 3 is 2.48 bits per heavy atom. The summed E-state index contributed by atoms with van der Waals surface area (Å²) in [6, 6.07) is 0. The minimum Gasteiger partial charge on any atom is -0.382 e. The van der Waals surface area contributed by atoms with Crippen molar-refractivity contribution >= 4 is 62.2 Å². The minimum absolute atomic E-state index is 0.0207. The van der Waals surface area contributed by atoms with Crippen molar-refractivity contribution in [1.82, 2.24) is 39.0 Å². The molecule has 3 aliphatic rings. The standard InChI is InChI=1S/C22H27BFN9O10P2S/c1-8-30-19-13(20(34)31-8)29-7-33(19)22-16-15(37-2)10(41-22)3-38-44(23,35)42-14-9(4-39-45(36,46)43-16)40-21(11(14)24)32-6-28-12-17(25)26-5-27-18(12)32/h5-7,9-11,14-16,21-22H,3-4,23H2,1-2H3,(H,36,46)(H2,25,26,27)(H,30,31,34)/t9?,10?,11?,14?,15?,16?,21?,22?,44-,45+/m0/s1. The SMILES string of the molecule is B[P@]1(=O)OCC2OC(n3cnc4c(=O)[nH]c(C)nc43)C(O[P@](=O)(S)OCC3OC(n4cnc5c(N)ncnc54)C(F)C3O1)C2OC. The Labute approximate surface area is 264 Å². The number of hydrogen-bond acceptors (Lipinski definition) is 16. The van der Waals surface area contributed by atoms with E-state index >= 15 is 4.39 Å². The van der Waals surface area contributed by atoms with E-state index in [4.69, 9.17) is 38.0 Å². The number of nitrogens with two attached hydrogens (primary N) is 1. The van der Waals surface area contributed by atoms with Gasteiger partial charge in [-0.1, -0.05) is 12.2 Å². The quantitative estimate of drug-likeness (QED) is 0.151. The van der Waals surface area contributed by atoms with E-state index in [2.05, 4.69) is 42.2 Å². The third-order valence-corrected chi connectivity index (χ3v) is 10.6. The van der Waals surface area contributed by atoms with Crippen molar-refractivity contribution in [3.63, 3.8) is 0 Å². The van der Waals surface area contributed by atoms with Crippen molar-refractivity contribution in [2.24, 2.45) is 0 Å². The lowest BCUT2D eigenvalue weighted by atomic mass is 10.1. The zero-order valence-electron chi connectivity index (χ0n) is 24.3. The first-order chi connectivity index (χ1) is 21.9. The molecule has 0 spiro atoms. The van der Waals surface area contributed by atoms with Crippen molar-refractivity contribution in [2.75, 3.05) is 26.1 Å². The Morgan fingerprint density at radius 1 is 1.02 bits per heavy atom. The Balaban J connectivity index is 1.22. The highest BCUT2D eigenvalue weighted by molar-refractivity contribution is 8.44. The van der Waals surface area contributed by atoms with Crippen LogP contribution in [0.2, 0.25) is 0 Å². The van der Waals surface area contributed by atoms with Crippen LogP contribution in [0.1, 0.15) is 18.3 Å². The number of ether oxygens (including phenoxy) is 3. The molecule has 7 rings (SSSR count). The number of rotatable bonds is 3. The van der Waals surface area contributed by atoms with Crippen LogP contribution in [0.3, 0.4) is 0 Å². The Morgan fingerprint density at radius 2 is 1.72 bits per heavy atom. The van der Waals surface area contributed by atoms with Crippen LogP contribution < -0.4 is 11.3 Å². The van der Waals surface area contributed by atoms with Crippen molar-refractivity contribution in [3.05, 3.63) is 35.2 Å².